The van der Waals surface area contributed by atoms with Crippen LogP contribution in [0.2, 0.25) is 0 Å². The summed E-state index contributed by atoms with van der Waals surface area (Å²) < 4.78 is 3.98. The fourth-order valence-corrected chi connectivity index (χ4v) is 5.51. The van der Waals surface area contributed by atoms with Crippen molar-refractivity contribution in [2.75, 3.05) is 0 Å². The molecule has 8 heteroatoms. The zero-order valence-electron chi connectivity index (χ0n) is 20.7. The Bertz CT molecular complexity index is 1350. The number of hydrogen-bond donors (Lipinski definition) is 1. The number of nitrogens with one attached hydrogen (secondary N) is 1. The van der Waals surface area contributed by atoms with Crippen LogP contribution in [0.15, 0.2) is 53.7 Å². The molecular weight excluding hydrogens is 438 g/mol. The molecule has 1 aromatic carbocycles. The van der Waals surface area contributed by atoms with Crippen molar-refractivity contribution < 1.29 is 0 Å². The van der Waals surface area contributed by atoms with Gasteiger partial charge in [0.15, 0.2) is 5.82 Å². The number of nitrogens with zero attached hydrogens (tertiary/aromatic N) is 6. The number of pyridine rings is 1. The molecular formula is C27H33N7O. The molecule has 0 amide bonds. The fraction of sp³-hybridized carbons (Fsp3) is 0.444. The van der Waals surface area contributed by atoms with Gasteiger partial charge in [-0.05, 0) is 64.3 Å². The van der Waals surface area contributed by atoms with Gasteiger partial charge in [-0.2, -0.15) is 0 Å². The van der Waals surface area contributed by atoms with Crippen molar-refractivity contribution in [3.8, 4) is 22.5 Å². The van der Waals surface area contributed by atoms with Crippen LogP contribution in [0.4, 0.5) is 0 Å². The highest BCUT2D eigenvalue weighted by Gasteiger charge is 2.37. The molecule has 1 aliphatic rings. The Labute approximate surface area is 205 Å². The van der Waals surface area contributed by atoms with Crippen LogP contribution in [0.1, 0.15) is 70.2 Å². The minimum atomic E-state index is 0.0820. The molecule has 5 rings (SSSR count). The van der Waals surface area contributed by atoms with Crippen LogP contribution < -0.4 is 5.69 Å². The first kappa shape index (κ1) is 23.2. The highest BCUT2D eigenvalue weighted by molar-refractivity contribution is 5.81. The van der Waals surface area contributed by atoms with E-state index >= 15 is 0 Å². The van der Waals surface area contributed by atoms with Gasteiger partial charge in [0, 0.05) is 35.9 Å². The number of hydrogen-bond acceptors (Lipinski definition) is 5. The third-order valence-electron chi connectivity index (χ3n) is 7.46. The molecule has 1 N–H and O–H groups in total. The lowest BCUT2D eigenvalue weighted by Crippen LogP contribution is -2.32. The summed E-state index contributed by atoms with van der Waals surface area (Å²) in [6, 6.07) is 10.3. The first-order valence-electron chi connectivity index (χ1n) is 12.6. The van der Waals surface area contributed by atoms with E-state index in [1.165, 1.54) is 6.42 Å². The first-order valence-corrected chi connectivity index (χ1v) is 12.6. The smallest absolute Gasteiger partial charge is 0.295 e. The molecule has 0 bridgehead atoms. The number of aryl methyl sites for hydroxylation is 1. The van der Waals surface area contributed by atoms with Crippen molar-refractivity contribution in [1.29, 1.82) is 0 Å². The average molecular weight is 472 g/mol. The van der Waals surface area contributed by atoms with Crippen molar-refractivity contribution in [1.82, 2.24) is 34.7 Å². The number of aromatic amines is 1. The number of unbranched alkanes of at least 4 members (excludes halogenated alkanes) is 1. The van der Waals surface area contributed by atoms with E-state index in [0.717, 1.165) is 60.1 Å². The Hall–Kier alpha value is -3.55. The summed E-state index contributed by atoms with van der Waals surface area (Å²) in [5.74, 6) is 0.610. The topological polar surface area (TPSA) is 94.3 Å². The molecule has 4 aromatic rings. The minimum absolute atomic E-state index is 0.0820. The maximum Gasteiger partial charge on any atom is 0.328 e. The van der Waals surface area contributed by atoms with Crippen molar-refractivity contribution >= 4 is 0 Å². The van der Waals surface area contributed by atoms with E-state index in [0.29, 0.717) is 12.4 Å². The van der Waals surface area contributed by atoms with Crippen molar-refractivity contribution in [3.63, 3.8) is 0 Å². The van der Waals surface area contributed by atoms with E-state index < -0.39 is 0 Å². The molecule has 0 radical (unpaired) electrons. The molecule has 8 nitrogen and oxygen atoms in total. The van der Waals surface area contributed by atoms with E-state index in [4.69, 9.17) is 0 Å². The Morgan fingerprint density at radius 1 is 1.14 bits per heavy atom. The normalized spacial score (nSPS) is 17.2. The molecule has 1 aliphatic carbocycles. The van der Waals surface area contributed by atoms with Gasteiger partial charge in [0.05, 0.1) is 6.54 Å². The lowest BCUT2D eigenvalue weighted by molar-refractivity contribution is 0.255. The molecule has 1 fully saturated rings. The molecule has 1 atom stereocenters. The van der Waals surface area contributed by atoms with Gasteiger partial charge >= 0.3 is 5.69 Å². The van der Waals surface area contributed by atoms with Crippen LogP contribution in [0, 0.1) is 5.41 Å². The number of tetrazole rings is 1. The van der Waals surface area contributed by atoms with Crippen molar-refractivity contribution in [2.45, 2.75) is 71.9 Å². The van der Waals surface area contributed by atoms with Gasteiger partial charge in [0.2, 0.25) is 0 Å². The molecule has 35 heavy (non-hydrogen) atoms. The van der Waals surface area contributed by atoms with Gasteiger partial charge in [-0.25, -0.2) is 9.89 Å². The average Bonchev–Trinajstić information content (AvgIpc) is 3.59. The monoisotopic (exact) mass is 471 g/mol. The summed E-state index contributed by atoms with van der Waals surface area (Å²) in [6.07, 6.45) is 12.2. The second kappa shape index (κ2) is 9.60. The second-order valence-electron chi connectivity index (χ2n) is 10.2. The fourth-order valence-electron chi connectivity index (χ4n) is 5.51. The van der Waals surface area contributed by atoms with Gasteiger partial charge in [-0.3, -0.25) is 14.1 Å². The zero-order chi connectivity index (χ0) is 24.4. The first-order chi connectivity index (χ1) is 17.0. The van der Waals surface area contributed by atoms with E-state index in [-0.39, 0.29) is 17.1 Å². The van der Waals surface area contributed by atoms with Crippen LogP contribution in [-0.4, -0.2) is 34.7 Å². The maximum atomic E-state index is 13.8. The SMILES string of the molecule is CCCCc1cn(C2CCCC2(C)C)c(=O)n1Cc1cnccc1-c1ccccc1-c1nnn[nH]1. The van der Waals surface area contributed by atoms with Crippen LogP contribution in [0.25, 0.3) is 22.5 Å². The number of aromatic nitrogens is 7. The Morgan fingerprint density at radius 2 is 1.97 bits per heavy atom. The van der Waals surface area contributed by atoms with Gasteiger partial charge in [-0.15, -0.1) is 5.10 Å². The lowest BCUT2D eigenvalue weighted by Gasteiger charge is -2.27. The largest absolute Gasteiger partial charge is 0.328 e. The van der Waals surface area contributed by atoms with Gasteiger partial charge in [0.25, 0.3) is 0 Å². The quantitative estimate of drug-likeness (QED) is 0.389. The molecule has 1 saturated carbocycles. The van der Waals surface area contributed by atoms with Crippen LogP contribution in [0.5, 0.6) is 0 Å². The Morgan fingerprint density at radius 3 is 2.69 bits per heavy atom. The third kappa shape index (κ3) is 4.45. The predicted octanol–water partition coefficient (Wildman–Crippen LogP) is 5.03. The zero-order valence-corrected chi connectivity index (χ0v) is 20.7. The summed E-state index contributed by atoms with van der Waals surface area (Å²) in [4.78, 5) is 18.2. The van der Waals surface area contributed by atoms with Crippen LogP contribution >= 0.6 is 0 Å². The third-order valence-corrected chi connectivity index (χ3v) is 7.46. The Balaban J connectivity index is 1.58. The van der Waals surface area contributed by atoms with Crippen molar-refractivity contribution in [3.05, 3.63) is 70.7 Å². The van der Waals surface area contributed by atoms with E-state index in [1.54, 1.807) is 6.20 Å². The number of H-pyrrole nitrogens is 1. The second-order valence-corrected chi connectivity index (χ2v) is 10.2. The summed E-state index contributed by atoms with van der Waals surface area (Å²) in [5, 5.41) is 14.5. The molecule has 3 heterocycles. The lowest BCUT2D eigenvalue weighted by atomic mass is 9.87. The number of imidazole rings is 1. The molecule has 1 unspecified atom stereocenters. The highest BCUT2D eigenvalue weighted by atomic mass is 16.1. The van der Waals surface area contributed by atoms with Gasteiger partial charge in [-0.1, -0.05) is 57.9 Å². The maximum absolute atomic E-state index is 13.8. The Kier molecular flexibility index (Phi) is 6.36. The summed E-state index contributed by atoms with van der Waals surface area (Å²) >= 11 is 0. The van der Waals surface area contributed by atoms with Gasteiger partial charge < -0.3 is 0 Å². The summed E-state index contributed by atoms with van der Waals surface area (Å²) in [5.41, 5.74) is 5.24. The van der Waals surface area contributed by atoms with Crippen LogP contribution in [0.3, 0.4) is 0 Å². The molecule has 3 aromatic heterocycles. The summed E-state index contributed by atoms with van der Waals surface area (Å²) in [6.45, 7) is 7.24. The van der Waals surface area contributed by atoms with E-state index in [1.807, 2.05) is 39.6 Å². The molecule has 182 valence electrons. The minimum Gasteiger partial charge on any atom is -0.295 e. The van der Waals surface area contributed by atoms with E-state index in [2.05, 4.69) is 58.6 Å². The molecule has 0 aliphatic heterocycles. The van der Waals surface area contributed by atoms with Gasteiger partial charge in [0.1, 0.15) is 0 Å². The standard InChI is InChI=1S/C27H33N7O/c1-4-5-9-20-18-34(24-12-8-14-27(24,2)3)26(35)33(20)17-19-16-28-15-13-21(19)22-10-6-7-11-23(22)25-29-31-32-30-25/h6-7,10-11,13,15-16,18,24H,4-5,8-9,12,14,17H2,1-3H3,(H,29,30,31,32). The number of rotatable bonds is 8. The van der Waals surface area contributed by atoms with Crippen LogP contribution in [-0.2, 0) is 13.0 Å². The summed E-state index contributed by atoms with van der Waals surface area (Å²) in [7, 11) is 0. The number of benzene rings is 1. The molecule has 0 saturated heterocycles. The highest BCUT2D eigenvalue weighted by Crippen LogP contribution is 2.45. The molecule has 0 spiro atoms. The van der Waals surface area contributed by atoms with Crippen molar-refractivity contribution in [2.24, 2.45) is 5.41 Å². The predicted molar refractivity (Wildman–Crippen MR) is 136 cm³/mol. The van der Waals surface area contributed by atoms with E-state index in [9.17, 15) is 4.79 Å².